The van der Waals surface area contributed by atoms with E-state index in [1.165, 1.54) is 0 Å². The van der Waals surface area contributed by atoms with Crippen molar-refractivity contribution in [1.29, 1.82) is 5.26 Å². The van der Waals surface area contributed by atoms with Crippen molar-refractivity contribution in [1.82, 2.24) is 9.97 Å². The van der Waals surface area contributed by atoms with E-state index < -0.39 is 0 Å². The first-order valence-electron chi connectivity index (χ1n) is 6.85. The summed E-state index contributed by atoms with van der Waals surface area (Å²) < 4.78 is 0. The molecule has 0 spiro atoms. The standard InChI is InChI=1S/C15H13Cl2N5/c16-12-8-13(17)15(20-10-12)22-6-4-21(5-7-22)14-11(9-18)2-1-3-19-14/h1-3,8,10H,4-7H2. The zero-order valence-electron chi connectivity index (χ0n) is 11.7. The minimum atomic E-state index is 0.527. The highest BCUT2D eigenvalue weighted by Gasteiger charge is 2.22. The molecule has 22 heavy (non-hydrogen) atoms. The van der Waals surface area contributed by atoms with Gasteiger partial charge in [-0.15, -0.1) is 0 Å². The number of halogens is 2. The van der Waals surface area contributed by atoms with Gasteiger partial charge in [0.25, 0.3) is 0 Å². The molecule has 0 atom stereocenters. The number of anilines is 2. The van der Waals surface area contributed by atoms with Crippen LogP contribution in [-0.2, 0) is 0 Å². The minimum Gasteiger partial charge on any atom is -0.352 e. The number of rotatable bonds is 2. The lowest BCUT2D eigenvalue weighted by Crippen LogP contribution is -2.47. The molecule has 1 aliphatic heterocycles. The number of hydrogen-bond donors (Lipinski definition) is 0. The van der Waals surface area contributed by atoms with Crippen molar-refractivity contribution in [2.24, 2.45) is 0 Å². The molecule has 0 aliphatic carbocycles. The fourth-order valence-electron chi connectivity index (χ4n) is 2.51. The second kappa shape index (κ2) is 6.39. The molecular formula is C15H13Cl2N5. The zero-order chi connectivity index (χ0) is 15.5. The lowest BCUT2D eigenvalue weighted by molar-refractivity contribution is 0.641. The molecule has 0 saturated carbocycles. The molecule has 7 heteroatoms. The molecule has 3 heterocycles. The summed E-state index contributed by atoms with van der Waals surface area (Å²) in [5, 5.41) is 10.3. The quantitative estimate of drug-likeness (QED) is 0.845. The Morgan fingerprint density at radius 2 is 1.73 bits per heavy atom. The largest absolute Gasteiger partial charge is 0.352 e. The van der Waals surface area contributed by atoms with Gasteiger partial charge in [0.05, 0.1) is 15.6 Å². The molecule has 0 bridgehead atoms. The molecule has 1 fully saturated rings. The predicted molar refractivity (Wildman–Crippen MR) is 87.6 cm³/mol. The molecule has 5 nitrogen and oxygen atoms in total. The number of aromatic nitrogens is 2. The summed E-state index contributed by atoms with van der Waals surface area (Å²) in [6.45, 7) is 3.03. The van der Waals surface area contributed by atoms with Gasteiger partial charge in [-0.25, -0.2) is 9.97 Å². The summed E-state index contributed by atoms with van der Waals surface area (Å²) >= 11 is 12.1. The van der Waals surface area contributed by atoms with Crippen molar-refractivity contribution in [3.63, 3.8) is 0 Å². The summed E-state index contributed by atoms with van der Waals surface area (Å²) in [5.41, 5.74) is 0.596. The third-order valence-electron chi connectivity index (χ3n) is 3.57. The molecule has 112 valence electrons. The molecule has 0 N–H and O–H groups in total. The van der Waals surface area contributed by atoms with Crippen LogP contribution in [0.2, 0.25) is 10.0 Å². The number of nitrogens with zero attached hydrogens (tertiary/aromatic N) is 5. The van der Waals surface area contributed by atoms with Gasteiger partial charge in [-0.1, -0.05) is 23.2 Å². The van der Waals surface area contributed by atoms with Gasteiger partial charge in [0, 0.05) is 38.6 Å². The van der Waals surface area contributed by atoms with Gasteiger partial charge in [-0.05, 0) is 18.2 Å². The lowest BCUT2D eigenvalue weighted by atomic mass is 10.2. The van der Waals surface area contributed by atoms with E-state index in [9.17, 15) is 5.26 Å². The van der Waals surface area contributed by atoms with Crippen molar-refractivity contribution in [3.05, 3.63) is 46.2 Å². The van der Waals surface area contributed by atoms with Crippen LogP contribution in [0, 0.1) is 11.3 Å². The van der Waals surface area contributed by atoms with Gasteiger partial charge >= 0.3 is 0 Å². The normalized spacial score (nSPS) is 14.8. The van der Waals surface area contributed by atoms with E-state index >= 15 is 0 Å². The van der Waals surface area contributed by atoms with Crippen LogP contribution in [0.1, 0.15) is 5.56 Å². The fraction of sp³-hybridized carbons (Fsp3) is 0.267. The van der Waals surface area contributed by atoms with Crippen LogP contribution in [-0.4, -0.2) is 36.1 Å². The number of pyridine rings is 2. The van der Waals surface area contributed by atoms with Crippen LogP contribution in [0.25, 0.3) is 0 Å². The Morgan fingerprint density at radius 1 is 1.05 bits per heavy atom. The molecule has 0 radical (unpaired) electrons. The van der Waals surface area contributed by atoms with Crippen molar-refractivity contribution in [2.75, 3.05) is 36.0 Å². The maximum atomic E-state index is 9.17. The van der Waals surface area contributed by atoms with Gasteiger partial charge in [0.15, 0.2) is 0 Å². The van der Waals surface area contributed by atoms with Crippen LogP contribution in [0.3, 0.4) is 0 Å². The Kier molecular flexibility index (Phi) is 4.32. The molecule has 2 aromatic heterocycles. The highest BCUT2D eigenvalue weighted by molar-refractivity contribution is 6.36. The zero-order valence-corrected chi connectivity index (χ0v) is 13.2. The molecule has 1 aliphatic rings. The van der Waals surface area contributed by atoms with Gasteiger partial charge in [0.1, 0.15) is 17.7 Å². The van der Waals surface area contributed by atoms with E-state index in [4.69, 9.17) is 23.2 Å². The van der Waals surface area contributed by atoms with Gasteiger partial charge < -0.3 is 9.80 Å². The van der Waals surface area contributed by atoms with Gasteiger partial charge in [-0.3, -0.25) is 0 Å². The van der Waals surface area contributed by atoms with Crippen LogP contribution >= 0.6 is 23.2 Å². The number of piperazine rings is 1. The average Bonchev–Trinajstić information content (AvgIpc) is 2.55. The summed E-state index contributed by atoms with van der Waals surface area (Å²) in [6.07, 6.45) is 3.31. The van der Waals surface area contributed by atoms with E-state index in [2.05, 4.69) is 25.8 Å². The maximum Gasteiger partial charge on any atom is 0.147 e. The van der Waals surface area contributed by atoms with Crippen molar-refractivity contribution in [2.45, 2.75) is 0 Å². The Bertz CT molecular complexity index is 720. The van der Waals surface area contributed by atoms with Crippen molar-refractivity contribution in [3.8, 4) is 6.07 Å². The van der Waals surface area contributed by atoms with E-state index in [0.717, 1.165) is 37.8 Å². The van der Waals surface area contributed by atoms with E-state index in [1.807, 2.05) is 0 Å². The SMILES string of the molecule is N#Cc1cccnc1N1CCN(c2ncc(Cl)cc2Cl)CC1. The topological polar surface area (TPSA) is 56.1 Å². The molecule has 0 amide bonds. The molecular weight excluding hydrogens is 321 g/mol. The van der Waals surface area contributed by atoms with Crippen LogP contribution in [0.5, 0.6) is 0 Å². The van der Waals surface area contributed by atoms with Gasteiger partial charge in [0.2, 0.25) is 0 Å². The number of nitriles is 1. The smallest absolute Gasteiger partial charge is 0.147 e. The first-order valence-corrected chi connectivity index (χ1v) is 7.60. The summed E-state index contributed by atoms with van der Waals surface area (Å²) in [5.74, 6) is 1.48. The van der Waals surface area contributed by atoms with E-state index in [1.54, 1.807) is 30.6 Å². The molecule has 2 aromatic rings. The highest BCUT2D eigenvalue weighted by Crippen LogP contribution is 2.27. The van der Waals surface area contributed by atoms with Crippen molar-refractivity contribution >= 4 is 34.8 Å². The molecule has 0 aromatic carbocycles. The maximum absolute atomic E-state index is 9.17. The van der Waals surface area contributed by atoms with Crippen LogP contribution < -0.4 is 9.80 Å². The lowest BCUT2D eigenvalue weighted by Gasteiger charge is -2.36. The predicted octanol–water partition coefficient (Wildman–Crippen LogP) is 2.98. The third kappa shape index (κ3) is 2.94. The van der Waals surface area contributed by atoms with E-state index in [0.29, 0.717) is 15.6 Å². The first kappa shape index (κ1) is 14.9. The summed E-state index contributed by atoms with van der Waals surface area (Å²) in [4.78, 5) is 12.9. The fourth-order valence-corrected chi connectivity index (χ4v) is 3.01. The average molecular weight is 334 g/mol. The first-order chi connectivity index (χ1) is 10.7. The van der Waals surface area contributed by atoms with Crippen molar-refractivity contribution < 1.29 is 0 Å². The second-order valence-electron chi connectivity index (χ2n) is 4.92. The second-order valence-corrected chi connectivity index (χ2v) is 5.76. The molecule has 1 saturated heterocycles. The third-order valence-corrected chi connectivity index (χ3v) is 4.06. The van der Waals surface area contributed by atoms with Crippen LogP contribution in [0.15, 0.2) is 30.6 Å². The summed E-state index contributed by atoms with van der Waals surface area (Å²) in [7, 11) is 0. The Morgan fingerprint density at radius 3 is 2.36 bits per heavy atom. The Balaban J connectivity index is 1.74. The van der Waals surface area contributed by atoms with Gasteiger partial charge in [-0.2, -0.15) is 5.26 Å². The van der Waals surface area contributed by atoms with E-state index in [-0.39, 0.29) is 0 Å². The Hall–Kier alpha value is -2.03. The molecule has 0 unspecified atom stereocenters. The highest BCUT2D eigenvalue weighted by atomic mass is 35.5. The minimum absolute atomic E-state index is 0.527. The monoisotopic (exact) mass is 333 g/mol. The van der Waals surface area contributed by atoms with Crippen LogP contribution in [0.4, 0.5) is 11.6 Å². The number of hydrogen-bond acceptors (Lipinski definition) is 5. The Labute approximate surface area is 138 Å². The molecule has 3 rings (SSSR count). The summed E-state index contributed by atoms with van der Waals surface area (Å²) in [6, 6.07) is 7.44.